The van der Waals surface area contributed by atoms with Crippen molar-refractivity contribution in [1.82, 2.24) is 0 Å². The van der Waals surface area contributed by atoms with Crippen LogP contribution in [0.4, 0.5) is 13.2 Å². The molecule has 0 aliphatic heterocycles. The number of methoxy groups -OCH3 is 1. The van der Waals surface area contributed by atoms with Crippen LogP contribution in [0.2, 0.25) is 0 Å². The Kier molecular flexibility index (Phi) is 3.54. The Hall–Kier alpha value is -1.27. The predicted molar refractivity (Wildman–Crippen MR) is 47.0 cm³/mol. The van der Waals surface area contributed by atoms with Crippen molar-refractivity contribution in [3.63, 3.8) is 0 Å². The highest BCUT2D eigenvalue weighted by Gasteiger charge is 2.31. The van der Waals surface area contributed by atoms with Gasteiger partial charge >= 0.3 is 6.18 Å². The van der Waals surface area contributed by atoms with E-state index in [0.29, 0.717) is 5.56 Å². The van der Waals surface area contributed by atoms with Gasteiger partial charge in [0.1, 0.15) is 5.75 Å². The molecule has 1 aromatic carbocycles. The van der Waals surface area contributed by atoms with Crippen LogP contribution in [0.25, 0.3) is 0 Å². The highest BCUT2D eigenvalue weighted by atomic mass is 19.4. The van der Waals surface area contributed by atoms with E-state index in [4.69, 9.17) is 10.6 Å². The molecule has 1 rings (SSSR count). The van der Waals surface area contributed by atoms with Gasteiger partial charge in [-0.1, -0.05) is 0 Å². The minimum atomic E-state index is -4.40. The number of hydrogen-bond acceptors (Lipinski definition) is 3. The van der Waals surface area contributed by atoms with Gasteiger partial charge in [-0.2, -0.15) is 13.2 Å². The average Bonchev–Trinajstić information content (AvgIpc) is 2.16. The van der Waals surface area contributed by atoms with E-state index in [1.54, 1.807) is 0 Å². The third-order valence-electron chi connectivity index (χ3n) is 1.78. The molecule has 6 heteroatoms. The van der Waals surface area contributed by atoms with Crippen LogP contribution in [0.15, 0.2) is 18.2 Å². The average molecular weight is 221 g/mol. The largest absolute Gasteiger partial charge is 0.497 e. The topological polar surface area (TPSA) is 44.5 Å². The molecule has 3 nitrogen and oxygen atoms in total. The Morgan fingerprint density at radius 2 is 1.93 bits per heavy atom. The molecule has 0 aliphatic rings. The first-order valence-electron chi connectivity index (χ1n) is 4.04. The lowest BCUT2D eigenvalue weighted by Gasteiger charge is -2.10. The van der Waals surface area contributed by atoms with Crippen LogP contribution >= 0.6 is 0 Å². The molecule has 15 heavy (non-hydrogen) atoms. The molecule has 0 aliphatic carbocycles. The summed E-state index contributed by atoms with van der Waals surface area (Å²) in [4.78, 5) is 4.27. The maximum absolute atomic E-state index is 12.4. The summed E-state index contributed by atoms with van der Waals surface area (Å²) >= 11 is 0. The van der Waals surface area contributed by atoms with E-state index in [1.807, 2.05) is 0 Å². The van der Waals surface area contributed by atoms with Crippen molar-refractivity contribution in [2.45, 2.75) is 12.8 Å². The molecule has 0 atom stereocenters. The van der Waals surface area contributed by atoms with Gasteiger partial charge in [0.2, 0.25) is 0 Å². The van der Waals surface area contributed by atoms with Crippen LogP contribution in [0.3, 0.4) is 0 Å². The standard InChI is InChI=1S/C9H10F3NO2/c1-14-8-3-6(5-15-13)2-7(4-8)9(10,11)12/h2-4H,5,13H2,1H3. The Labute approximate surface area is 84.5 Å². The SMILES string of the molecule is COc1cc(CON)cc(C(F)(F)F)c1. The van der Waals surface area contributed by atoms with E-state index in [9.17, 15) is 13.2 Å². The van der Waals surface area contributed by atoms with Crippen molar-refractivity contribution in [3.8, 4) is 5.75 Å². The molecule has 0 spiro atoms. The van der Waals surface area contributed by atoms with E-state index >= 15 is 0 Å². The van der Waals surface area contributed by atoms with Crippen LogP contribution < -0.4 is 10.6 Å². The van der Waals surface area contributed by atoms with Crippen molar-refractivity contribution in [2.75, 3.05) is 7.11 Å². The normalized spacial score (nSPS) is 11.5. The molecular formula is C9H10F3NO2. The molecule has 0 heterocycles. The molecule has 0 fully saturated rings. The Morgan fingerprint density at radius 1 is 1.27 bits per heavy atom. The fourth-order valence-electron chi connectivity index (χ4n) is 1.12. The monoisotopic (exact) mass is 221 g/mol. The lowest BCUT2D eigenvalue weighted by atomic mass is 10.1. The quantitative estimate of drug-likeness (QED) is 0.795. The molecule has 0 saturated carbocycles. The van der Waals surface area contributed by atoms with Crippen LogP contribution in [-0.4, -0.2) is 7.11 Å². The fourth-order valence-corrected chi connectivity index (χ4v) is 1.12. The minimum Gasteiger partial charge on any atom is -0.497 e. The number of rotatable bonds is 3. The molecule has 0 bridgehead atoms. The summed E-state index contributed by atoms with van der Waals surface area (Å²) in [5.41, 5.74) is -0.474. The molecular weight excluding hydrogens is 211 g/mol. The van der Waals surface area contributed by atoms with Crippen LogP contribution in [0.1, 0.15) is 11.1 Å². The Balaban J connectivity index is 3.11. The van der Waals surface area contributed by atoms with Gasteiger partial charge in [0.05, 0.1) is 19.3 Å². The summed E-state index contributed by atoms with van der Waals surface area (Å²) in [5, 5.41) is 0. The number of hydrogen-bond donors (Lipinski definition) is 1. The first kappa shape index (κ1) is 11.8. The molecule has 0 radical (unpaired) electrons. The fraction of sp³-hybridized carbons (Fsp3) is 0.333. The highest BCUT2D eigenvalue weighted by molar-refractivity contribution is 5.35. The summed E-state index contributed by atoms with van der Waals surface area (Å²) in [6.07, 6.45) is -4.40. The van der Waals surface area contributed by atoms with Gasteiger partial charge in [-0.25, -0.2) is 5.90 Å². The summed E-state index contributed by atoms with van der Waals surface area (Å²) in [6, 6.07) is 3.32. The minimum absolute atomic E-state index is 0.0969. The van der Waals surface area contributed by atoms with Gasteiger partial charge in [0.15, 0.2) is 0 Å². The first-order chi connectivity index (χ1) is 6.97. The van der Waals surface area contributed by atoms with Crippen molar-refractivity contribution >= 4 is 0 Å². The number of benzene rings is 1. The van der Waals surface area contributed by atoms with Crippen molar-refractivity contribution in [1.29, 1.82) is 0 Å². The second-order valence-electron chi connectivity index (χ2n) is 2.88. The first-order valence-corrected chi connectivity index (χ1v) is 4.04. The van der Waals surface area contributed by atoms with E-state index in [1.165, 1.54) is 13.2 Å². The third kappa shape index (κ3) is 3.10. The van der Waals surface area contributed by atoms with Gasteiger partial charge in [-0.3, -0.25) is 4.84 Å². The maximum Gasteiger partial charge on any atom is 0.416 e. The summed E-state index contributed by atoms with van der Waals surface area (Å²) in [7, 11) is 1.29. The summed E-state index contributed by atoms with van der Waals surface area (Å²) in [5.74, 6) is 4.91. The van der Waals surface area contributed by atoms with Gasteiger partial charge in [0, 0.05) is 0 Å². The number of alkyl halides is 3. The second-order valence-corrected chi connectivity index (χ2v) is 2.88. The Bertz CT molecular complexity index is 339. The molecule has 2 N–H and O–H groups in total. The summed E-state index contributed by atoms with van der Waals surface area (Å²) in [6.45, 7) is -0.0969. The van der Waals surface area contributed by atoms with Crippen LogP contribution in [-0.2, 0) is 17.6 Å². The van der Waals surface area contributed by atoms with E-state index in [-0.39, 0.29) is 12.4 Å². The second kappa shape index (κ2) is 4.50. The van der Waals surface area contributed by atoms with E-state index in [2.05, 4.69) is 4.84 Å². The molecule has 0 aromatic heterocycles. The van der Waals surface area contributed by atoms with Crippen molar-refractivity contribution < 1.29 is 22.7 Å². The molecule has 0 amide bonds. The number of nitrogens with two attached hydrogens (primary N) is 1. The van der Waals surface area contributed by atoms with E-state index in [0.717, 1.165) is 12.1 Å². The predicted octanol–water partition coefficient (Wildman–Crippen LogP) is 2.10. The smallest absolute Gasteiger partial charge is 0.416 e. The van der Waals surface area contributed by atoms with E-state index < -0.39 is 11.7 Å². The summed E-state index contributed by atoms with van der Waals surface area (Å²) < 4.78 is 41.9. The zero-order chi connectivity index (χ0) is 11.5. The van der Waals surface area contributed by atoms with Crippen molar-refractivity contribution in [2.24, 2.45) is 5.90 Å². The van der Waals surface area contributed by atoms with Gasteiger partial charge in [0.25, 0.3) is 0 Å². The van der Waals surface area contributed by atoms with Crippen LogP contribution in [0.5, 0.6) is 5.75 Å². The van der Waals surface area contributed by atoms with Crippen LogP contribution in [0, 0.1) is 0 Å². The van der Waals surface area contributed by atoms with Crippen molar-refractivity contribution in [3.05, 3.63) is 29.3 Å². The number of halogens is 3. The molecule has 1 aromatic rings. The lowest BCUT2D eigenvalue weighted by molar-refractivity contribution is -0.137. The molecule has 84 valence electrons. The number of ether oxygens (including phenoxy) is 1. The lowest BCUT2D eigenvalue weighted by Crippen LogP contribution is -2.07. The molecule has 0 unspecified atom stereocenters. The zero-order valence-electron chi connectivity index (χ0n) is 7.97. The zero-order valence-corrected chi connectivity index (χ0v) is 7.97. The van der Waals surface area contributed by atoms with Gasteiger partial charge in [-0.05, 0) is 23.8 Å². The maximum atomic E-state index is 12.4. The highest BCUT2D eigenvalue weighted by Crippen LogP contribution is 2.32. The van der Waals surface area contributed by atoms with Gasteiger partial charge in [-0.15, -0.1) is 0 Å². The Morgan fingerprint density at radius 3 is 2.40 bits per heavy atom. The molecule has 0 saturated heterocycles. The van der Waals surface area contributed by atoms with Gasteiger partial charge < -0.3 is 4.74 Å². The third-order valence-corrected chi connectivity index (χ3v) is 1.78.